The molecule has 0 aliphatic heterocycles. The molecule has 3 aromatic rings. The molecule has 0 unspecified atom stereocenters. The third kappa shape index (κ3) is 1.70. The number of hydrogen-bond acceptors (Lipinski definition) is 2. The molecule has 0 N–H and O–H groups in total. The van der Waals surface area contributed by atoms with E-state index in [-0.39, 0.29) is 5.91 Å². The molecule has 0 aliphatic rings. The maximum Gasteiger partial charge on any atom is 0.280 e. The Hall–Kier alpha value is -2.42. The number of nitrogens with zero attached hydrogens (tertiary/aromatic N) is 2. The molecule has 0 radical (unpaired) electrons. The topological polar surface area (TPSA) is 34.9 Å². The van der Waals surface area contributed by atoms with Gasteiger partial charge in [0.2, 0.25) is 0 Å². The summed E-state index contributed by atoms with van der Waals surface area (Å²) in [6, 6.07) is 13.3. The van der Waals surface area contributed by atoms with Crippen molar-refractivity contribution in [3.05, 3.63) is 66.1 Å². The van der Waals surface area contributed by atoms with Crippen molar-refractivity contribution in [2.24, 2.45) is 0 Å². The largest absolute Gasteiger partial charge is 0.282 e. The lowest BCUT2D eigenvalue weighted by Crippen LogP contribution is -2.11. The van der Waals surface area contributed by atoms with Gasteiger partial charge in [-0.15, -0.1) is 0 Å². The molecule has 0 saturated heterocycles. The first-order valence-corrected chi connectivity index (χ1v) is 5.79. The molecule has 0 atom stereocenters. The summed E-state index contributed by atoms with van der Waals surface area (Å²) in [5, 5.41) is 1.07. The quantitative estimate of drug-likeness (QED) is 0.651. The smallest absolute Gasteiger partial charge is 0.280 e. The second-order valence-corrected chi connectivity index (χ2v) is 4.27. The van der Waals surface area contributed by atoms with E-state index in [1.165, 1.54) is 5.56 Å². The number of carbonyl (C=O) groups excluding carboxylic acids is 1. The molecule has 0 fully saturated rings. The van der Waals surface area contributed by atoms with Crippen molar-refractivity contribution in [1.29, 1.82) is 0 Å². The van der Waals surface area contributed by atoms with Crippen LogP contribution >= 0.6 is 0 Å². The van der Waals surface area contributed by atoms with Crippen molar-refractivity contribution in [2.75, 3.05) is 0 Å². The van der Waals surface area contributed by atoms with Crippen molar-refractivity contribution in [3.63, 3.8) is 0 Å². The summed E-state index contributed by atoms with van der Waals surface area (Å²) < 4.78 is 1.64. The Balaban J connectivity index is 2.13. The molecule has 0 saturated carbocycles. The van der Waals surface area contributed by atoms with Gasteiger partial charge in [0.05, 0.1) is 5.52 Å². The minimum atomic E-state index is -0.102. The van der Waals surface area contributed by atoms with Gasteiger partial charge < -0.3 is 0 Å². The number of pyridine rings is 1. The molecule has 0 bridgehead atoms. The summed E-state index contributed by atoms with van der Waals surface area (Å²) in [4.78, 5) is 16.4. The first-order chi connectivity index (χ1) is 8.75. The molecular weight excluding hydrogens is 224 g/mol. The predicted octanol–water partition coefficient (Wildman–Crippen LogP) is 3.03. The number of aryl methyl sites for hydroxylation is 1. The van der Waals surface area contributed by atoms with Crippen molar-refractivity contribution in [2.45, 2.75) is 6.92 Å². The molecule has 0 aliphatic carbocycles. The van der Waals surface area contributed by atoms with Gasteiger partial charge in [-0.3, -0.25) is 14.3 Å². The van der Waals surface area contributed by atoms with Crippen LogP contribution in [0.5, 0.6) is 0 Å². The normalized spacial score (nSPS) is 10.7. The van der Waals surface area contributed by atoms with E-state index >= 15 is 0 Å². The summed E-state index contributed by atoms with van der Waals surface area (Å²) in [5.41, 5.74) is 2.55. The van der Waals surface area contributed by atoms with Gasteiger partial charge >= 0.3 is 0 Å². The summed E-state index contributed by atoms with van der Waals surface area (Å²) in [6.45, 7) is 2.04. The Labute approximate surface area is 105 Å². The number of fused-ring (bicyclic) bond motifs is 1. The summed E-state index contributed by atoms with van der Waals surface area (Å²) in [6.07, 6.45) is 3.42. The van der Waals surface area contributed by atoms with Crippen LogP contribution in [0.3, 0.4) is 0 Å². The fourth-order valence-electron chi connectivity index (χ4n) is 2.05. The van der Waals surface area contributed by atoms with Crippen LogP contribution in [0.15, 0.2) is 54.9 Å². The third-order valence-corrected chi connectivity index (χ3v) is 2.95. The molecule has 0 spiro atoms. The minimum absolute atomic E-state index is 0.102. The van der Waals surface area contributed by atoms with E-state index < -0.39 is 0 Å². The van der Waals surface area contributed by atoms with Crippen molar-refractivity contribution in [3.8, 4) is 0 Å². The first-order valence-electron chi connectivity index (χ1n) is 5.79. The van der Waals surface area contributed by atoms with Crippen LogP contribution in [0.4, 0.5) is 0 Å². The average molecular weight is 236 g/mol. The van der Waals surface area contributed by atoms with Crippen LogP contribution in [0, 0.1) is 6.92 Å². The second-order valence-electron chi connectivity index (χ2n) is 4.27. The highest BCUT2D eigenvalue weighted by Crippen LogP contribution is 2.18. The number of carbonyl (C=O) groups is 1. The Morgan fingerprint density at radius 1 is 1.17 bits per heavy atom. The van der Waals surface area contributed by atoms with Crippen LogP contribution in [0.1, 0.15) is 16.1 Å². The zero-order chi connectivity index (χ0) is 12.5. The number of benzene rings is 1. The van der Waals surface area contributed by atoms with Gasteiger partial charge in [0, 0.05) is 17.8 Å². The first kappa shape index (κ1) is 10.7. The van der Waals surface area contributed by atoms with Crippen molar-refractivity contribution >= 4 is 16.8 Å². The lowest BCUT2D eigenvalue weighted by Gasteiger charge is -2.03. The van der Waals surface area contributed by atoms with E-state index in [0.29, 0.717) is 5.69 Å². The van der Waals surface area contributed by atoms with Crippen LogP contribution in [0.25, 0.3) is 10.9 Å². The second kappa shape index (κ2) is 4.11. The Morgan fingerprint density at radius 2 is 2.06 bits per heavy atom. The molecule has 3 heteroatoms. The Kier molecular flexibility index (Phi) is 2.45. The molecule has 88 valence electrons. The SMILES string of the molecule is Cc1ccc2c(ccn2C(=O)c2ccccn2)c1. The maximum atomic E-state index is 12.3. The molecule has 0 amide bonds. The van der Waals surface area contributed by atoms with Crippen LogP contribution in [-0.2, 0) is 0 Å². The van der Waals surface area contributed by atoms with Gasteiger partial charge in [-0.05, 0) is 37.3 Å². The van der Waals surface area contributed by atoms with Crippen LogP contribution < -0.4 is 0 Å². The van der Waals surface area contributed by atoms with Gasteiger partial charge in [0.15, 0.2) is 0 Å². The van der Waals surface area contributed by atoms with E-state index in [0.717, 1.165) is 10.9 Å². The standard InChI is InChI=1S/C15H12N2O/c1-11-5-6-14-12(10-11)7-9-17(14)15(18)13-4-2-3-8-16-13/h2-10H,1H3. The van der Waals surface area contributed by atoms with Crippen LogP contribution in [0.2, 0.25) is 0 Å². The fraction of sp³-hybridized carbons (Fsp3) is 0.0667. The lowest BCUT2D eigenvalue weighted by molar-refractivity contribution is 0.0960. The van der Waals surface area contributed by atoms with E-state index in [9.17, 15) is 4.79 Å². The third-order valence-electron chi connectivity index (χ3n) is 2.95. The van der Waals surface area contributed by atoms with Gasteiger partial charge in [-0.2, -0.15) is 0 Å². The highest BCUT2D eigenvalue weighted by molar-refractivity contribution is 6.00. The average Bonchev–Trinajstić information content (AvgIpc) is 2.81. The predicted molar refractivity (Wildman–Crippen MR) is 70.6 cm³/mol. The zero-order valence-electron chi connectivity index (χ0n) is 10.00. The summed E-state index contributed by atoms with van der Waals surface area (Å²) >= 11 is 0. The number of hydrogen-bond donors (Lipinski definition) is 0. The highest BCUT2D eigenvalue weighted by atomic mass is 16.2. The highest BCUT2D eigenvalue weighted by Gasteiger charge is 2.11. The molecular formula is C15H12N2O. The summed E-state index contributed by atoms with van der Waals surface area (Å²) in [7, 11) is 0. The van der Waals surface area contributed by atoms with Crippen LogP contribution in [-0.4, -0.2) is 15.5 Å². The molecule has 3 nitrogen and oxygen atoms in total. The van der Waals surface area contributed by atoms with Crippen molar-refractivity contribution < 1.29 is 4.79 Å². The van der Waals surface area contributed by atoms with Gasteiger partial charge in [0.25, 0.3) is 5.91 Å². The van der Waals surface area contributed by atoms with Gasteiger partial charge in [-0.1, -0.05) is 17.7 Å². The molecule has 18 heavy (non-hydrogen) atoms. The molecule has 1 aromatic carbocycles. The number of aromatic nitrogens is 2. The molecule has 2 heterocycles. The van der Waals surface area contributed by atoms with Gasteiger partial charge in [-0.25, -0.2) is 0 Å². The lowest BCUT2D eigenvalue weighted by atomic mass is 10.2. The molecule has 3 rings (SSSR count). The fourth-order valence-corrected chi connectivity index (χ4v) is 2.05. The Morgan fingerprint density at radius 3 is 2.83 bits per heavy atom. The zero-order valence-corrected chi connectivity index (χ0v) is 10.00. The van der Waals surface area contributed by atoms with E-state index in [1.807, 2.05) is 31.2 Å². The van der Waals surface area contributed by atoms with Crippen molar-refractivity contribution in [1.82, 2.24) is 9.55 Å². The maximum absolute atomic E-state index is 12.3. The minimum Gasteiger partial charge on any atom is -0.282 e. The molecule has 2 aromatic heterocycles. The van der Waals surface area contributed by atoms with E-state index in [1.54, 1.807) is 29.1 Å². The van der Waals surface area contributed by atoms with E-state index in [2.05, 4.69) is 11.1 Å². The summed E-state index contributed by atoms with van der Waals surface area (Å²) in [5.74, 6) is -0.102. The number of rotatable bonds is 1. The van der Waals surface area contributed by atoms with E-state index in [4.69, 9.17) is 0 Å². The Bertz CT molecular complexity index is 714. The van der Waals surface area contributed by atoms with Gasteiger partial charge in [0.1, 0.15) is 5.69 Å². The monoisotopic (exact) mass is 236 g/mol.